The molecule has 1 aromatic heterocycles. The summed E-state index contributed by atoms with van der Waals surface area (Å²) in [6.07, 6.45) is 2.04. The molecule has 1 aliphatic heterocycles. The zero-order valence-electron chi connectivity index (χ0n) is 10.4. The van der Waals surface area contributed by atoms with Gasteiger partial charge in [-0.3, -0.25) is 0 Å². The van der Waals surface area contributed by atoms with E-state index in [-0.39, 0.29) is 16.9 Å². The van der Waals surface area contributed by atoms with E-state index in [9.17, 15) is 9.90 Å². The zero-order valence-corrected chi connectivity index (χ0v) is 11.1. The molecule has 0 aromatic carbocycles. The summed E-state index contributed by atoms with van der Waals surface area (Å²) < 4.78 is 10.1. The summed E-state index contributed by atoms with van der Waals surface area (Å²) in [5.41, 5.74) is -1.12. The molecule has 1 saturated heterocycles. The van der Waals surface area contributed by atoms with Crippen molar-refractivity contribution in [2.45, 2.75) is 18.4 Å². The fourth-order valence-corrected chi connectivity index (χ4v) is 2.01. The lowest BCUT2D eigenvalue weighted by molar-refractivity contribution is -0.145. The molecule has 0 atom stereocenters. The first-order chi connectivity index (χ1) is 9.07. The normalized spacial score (nSPS) is 17.8. The maximum absolute atomic E-state index is 11.5. The molecule has 0 saturated carbocycles. The molecule has 0 aliphatic carbocycles. The van der Waals surface area contributed by atoms with Gasteiger partial charge in [0.15, 0.2) is 5.82 Å². The monoisotopic (exact) mass is 287 g/mol. The van der Waals surface area contributed by atoms with E-state index in [2.05, 4.69) is 15.3 Å². The maximum atomic E-state index is 11.5. The third-order valence-corrected chi connectivity index (χ3v) is 3.29. The van der Waals surface area contributed by atoms with E-state index >= 15 is 0 Å². The Hall–Kier alpha value is -1.60. The average Bonchev–Trinajstić information content (AvgIpc) is 2.42. The Morgan fingerprint density at radius 2 is 2.26 bits per heavy atom. The van der Waals surface area contributed by atoms with E-state index in [4.69, 9.17) is 21.1 Å². The second-order valence-corrected chi connectivity index (χ2v) is 4.59. The summed E-state index contributed by atoms with van der Waals surface area (Å²) in [7, 11) is 1.43. The first-order valence-electron chi connectivity index (χ1n) is 5.73. The van der Waals surface area contributed by atoms with Gasteiger partial charge in [0.2, 0.25) is 0 Å². The number of hydrogen-bond acceptors (Lipinski definition) is 6. The zero-order chi connectivity index (χ0) is 13.9. The van der Waals surface area contributed by atoms with E-state index < -0.39 is 11.5 Å². The molecule has 0 amide bonds. The Bertz CT molecular complexity index is 477. The molecule has 19 heavy (non-hydrogen) atoms. The Morgan fingerprint density at radius 3 is 2.84 bits per heavy atom. The van der Waals surface area contributed by atoms with Crippen LogP contribution in [0, 0.1) is 0 Å². The third kappa shape index (κ3) is 2.87. The highest BCUT2D eigenvalue weighted by atomic mass is 35.5. The van der Waals surface area contributed by atoms with Gasteiger partial charge < -0.3 is 19.9 Å². The van der Waals surface area contributed by atoms with Crippen LogP contribution in [0.25, 0.3) is 0 Å². The molecule has 1 aliphatic rings. The van der Waals surface area contributed by atoms with Crippen molar-refractivity contribution >= 4 is 23.4 Å². The lowest BCUT2D eigenvalue weighted by Gasteiger charge is -2.34. The molecular formula is C11H14ClN3O4. The first kappa shape index (κ1) is 13.8. The highest BCUT2D eigenvalue weighted by Crippen LogP contribution is 2.29. The van der Waals surface area contributed by atoms with Gasteiger partial charge in [-0.15, -0.1) is 0 Å². The van der Waals surface area contributed by atoms with Crippen LogP contribution in [0.1, 0.15) is 12.8 Å². The number of methoxy groups -OCH3 is 1. The number of nitrogens with one attached hydrogen (secondary N) is 1. The van der Waals surface area contributed by atoms with Crippen LogP contribution in [0.3, 0.4) is 0 Å². The molecule has 104 valence electrons. The molecule has 0 bridgehead atoms. The number of carboxylic acid groups (broad SMARTS) is 1. The number of rotatable bonds is 4. The second kappa shape index (κ2) is 5.58. The standard InChI is InChI=1S/C11H14ClN3O4/c1-18-10-13-6-7(12)8(14-10)15-11(9(16)17)2-4-19-5-3-11/h6H,2-5H2,1H3,(H,16,17)(H,13,14,15). The summed E-state index contributed by atoms with van der Waals surface area (Å²) in [6.45, 7) is 0.748. The van der Waals surface area contributed by atoms with Gasteiger partial charge in [0.1, 0.15) is 10.6 Å². The van der Waals surface area contributed by atoms with Crippen molar-refractivity contribution in [3.05, 3.63) is 11.2 Å². The predicted molar refractivity (Wildman–Crippen MR) is 67.6 cm³/mol. The molecule has 2 heterocycles. The van der Waals surface area contributed by atoms with Crippen LogP contribution in [0.4, 0.5) is 5.82 Å². The molecule has 0 spiro atoms. The van der Waals surface area contributed by atoms with E-state index in [0.717, 1.165) is 0 Å². The van der Waals surface area contributed by atoms with Gasteiger partial charge >= 0.3 is 12.0 Å². The van der Waals surface area contributed by atoms with Crippen molar-refractivity contribution in [3.8, 4) is 6.01 Å². The highest BCUT2D eigenvalue weighted by molar-refractivity contribution is 6.32. The molecule has 7 nitrogen and oxygen atoms in total. The third-order valence-electron chi connectivity index (χ3n) is 3.02. The Labute approximate surface area is 114 Å². The highest BCUT2D eigenvalue weighted by Gasteiger charge is 2.41. The van der Waals surface area contributed by atoms with Crippen LogP contribution >= 0.6 is 11.6 Å². The first-order valence-corrected chi connectivity index (χ1v) is 6.11. The summed E-state index contributed by atoms with van der Waals surface area (Å²) in [6, 6.07) is 0.125. The topological polar surface area (TPSA) is 93.6 Å². The summed E-state index contributed by atoms with van der Waals surface area (Å²) in [5.74, 6) is -0.706. The van der Waals surface area contributed by atoms with E-state index in [1.54, 1.807) is 0 Å². The number of anilines is 1. The van der Waals surface area contributed by atoms with E-state index in [0.29, 0.717) is 26.1 Å². The van der Waals surface area contributed by atoms with Crippen LogP contribution in [0.15, 0.2) is 6.20 Å². The second-order valence-electron chi connectivity index (χ2n) is 4.18. The largest absolute Gasteiger partial charge is 0.480 e. The number of carbonyl (C=O) groups is 1. The Morgan fingerprint density at radius 1 is 1.58 bits per heavy atom. The number of aliphatic carboxylic acids is 1. The Kier molecular flexibility index (Phi) is 4.06. The van der Waals surface area contributed by atoms with Crippen molar-refractivity contribution in [2.75, 3.05) is 25.6 Å². The van der Waals surface area contributed by atoms with Crippen LogP contribution < -0.4 is 10.1 Å². The van der Waals surface area contributed by atoms with Crippen LogP contribution in [-0.2, 0) is 9.53 Å². The fraction of sp³-hybridized carbons (Fsp3) is 0.545. The molecule has 2 rings (SSSR count). The van der Waals surface area contributed by atoms with Gasteiger partial charge in [0, 0.05) is 26.1 Å². The maximum Gasteiger partial charge on any atom is 0.329 e. The van der Waals surface area contributed by atoms with Gasteiger partial charge in [0.05, 0.1) is 13.3 Å². The summed E-state index contributed by atoms with van der Waals surface area (Å²) in [4.78, 5) is 19.4. The van der Waals surface area contributed by atoms with Crippen LogP contribution in [0.5, 0.6) is 6.01 Å². The molecular weight excluding hydrogens is 274 g/mol. The van der Waals surface area contributed by atoms with Crippen molar-refractivity contribution in [1.82, 2.24) is 9.97 Å². The number of nitrogens with zero attached hydrogens (tertiary/aromatic N) is 2. The number of ether oxygens (including phenoxy) is 2. The molecule has 8 heteroatoms. The molecule has 0 unspecified atom stereocenters. The SMILES string of the molecule is COc1ncc(Cl)c(NC2(C(=O)O)CCOCC2)n1. The fourth-order valence-electron chi connectivity index (χ4n) is 1.88. The minimum atomic E-state index is -1.12. The molecule has 0 radical (unpaired) electrons. The molecule has 2 N–H and O–H groups in total. The van der Waals surface area contributed by atoms with Crippen molar-refractivity contribution < 1.29 is 19.4 Å². The summed E-state index contributed by atoms with van der Waals surface area (Å²) in [5, 5.41) is 12.6. The minimum Gasteiger partial charge on any atom is -0.480 e. The smallest absolute Gasteiger partial charge is 0.329 e. The van der Waals surface area contributed by atoms with Crippen molar-refractivity contribution in [1.29, 1.82) is 0 Å². The summed E-state index contributed by atoms with van der Waals surface area (Å²) >= 11 is 5.97. The van der Waals surface area contributed by atoms with Crippen molar-refractivity contribution in [2.24, 2.45) is 0 Å². The van der Waals surface area contributed by atoms with Crippen LogP contribution in [-0.4, -0.2) is 46.9 Å². The molecule has 1 fully saturated rings. The Balaban J connectivity index is 2.28. The quantitative estimate of drug-likeness (QED) is 0.859. The number of halogens is 1. The predicted octanol–water partition coefficient (Wildman–Crippen LogP) is 1.18. The number of hydrogen-bond donors (Lipinski definition) is 2. The minimum absolute atomic E-state index is 0.125. The van der Waals surface area contributed by atoms with Gasteiger partial charge in [-0.2, -0.15) is 4.98 Å². The van der Waals surface area contributed by atoms with Gasteiger partial charge in [-0.05, 0) is 0 Å². The lowest BCUT2D eigenvalue weighted by atomic mass is 9.90. The number of carboxylic acids is 1. The average molecular weight is 288 g/mol. The molecule has 1 aromatic rings. The number of aromatic nitrogens is 2. The van der Waals surface area contributed by atoms with E-state index in [1.165, 1.54) is 13.3 Å². The van der Waals surface area contributed by atoms with Crippen molar-refractivity contribution in [3.63, 3.8) is 0 Å². The lowest BCUT2D eigenvalue weighted by Crippen LogP contribution is -2.50. The van der Waals surface area contributed by atoms with Crippen LogP contribution in [0.2, 0.25) is 5.02 Å². The van der Waals surface area contributed by atoms with Gasteiger partial charge in [-0.1, -0.05) is 11.6 Å². The van der Waals surface area contributed by atoms with Gasteiger partial charge in [0.25, 0.3) is 0 Å². The van der Waals surface area contributed by atoms with E-state index in [1.807, 2.05) is 0 Å². The van der Waals surface area contributed by atoms with Gasteiger partial charge in [-0.25, -0.2) is 9.78 Å².